The molecule has 2 aromatic carbocycles. The lowest BCUT2D eigenvalue weighted by molar-refractivity contribution is -0.141. The number of hydrogen-bond acceptors (Lipinski definition) is 7. The fourth-order valence-electron chi connectivity index (χ4n) is 3.01. The van der Waals surface area contributed by atoms with E-state index in [1.165, 1.54) is 30.0 Å². The highest BCUT2D eigenvalue weighted by molar-refractivity contribution is 7.99. The number of thioether (sulfide) groups is 1. The van der Waals surface area contributed by atoms with Crippen LogP contribution in [0.5, 0.6) is 0 Å². The molecule has 2 heterocycles. The van der Waals surface area contributed by atoms with Crippen LogP contribution >= 0.6 is 34.7 Å². The number of nitrogens with zero attached hydrogens (tertiary/aromatic N) is 3. The van der Waals surface area contributed by atoms with Crippen LogP contribution in [-0.2, 0) is 27.5 Å². The number of amides is 1. The van der Waals surface area contributed by atoms with Gasteiger partial charge in [0.15, 0.2) is 10.3 Å². The monoisotopic (exact) mass is 486 g/mol. The van der Waals surface area contributed by atoms with E-state index in [1.807, 2.05) is 48.5 Å². The Morgan fingerprint density at radius 1 is 1.19 bits per heavy atom. The van der Waals surface area contributed by atoms with Gasteiger partial charge in [-0.1, -0.05) is 53.7 Å². The summed E-state index contributed by atoms with van der Waals surface area (Å²) >= 11 is 8.74. The summed E-state index contributed by atoms with van der Waals surface area (Å²) in [5, 5.41) is 6.15. The van der Waals surface area contributed by atoms with E-state index >= 15 is 0 Å². The number of esters is 1. The Morgan fingerprint density at radius 2 is 2.00 bits per heavy atom. The van der Waals surface area contributed by atoms with Gasteiger partial charge in [0.25, 0.3) is 0 Å². The van der Waals surface area contributed by atoms with Crippen molar-refractivity contribution in [3.8, 4) is 0 Å². The van der Waals surface area contributed by atoms with Crippen molar-refractivity contribution in [2.24, 2.45) is 0 Å². The van der Waals surface area contributed by atoms with Gasteiger partial charge in [-0.25, -0.2) is 9.97 Å². The lowest BCUT2D eigenvalue weighted by atomic mass is 10.2. The number of nitrogens with one attached hydrogen (secondary N) is 1. The van der Waals surface area contributed by atoms with E-state index in [2.05, 4.69) is 19.9 Å². The number of anilines is 1. The smallest absolute Gasteiger partial charge is 0.316 e. The van der Waals surface area contributed by atoms with Crippen LogP contribution in [0, 0.1) is 0 Å². The second-order valence-corrected chi connectivity index (χ2v) is 9.11. The van der Waals surface area contributed by atoms with Gasteiger partial charge in [-0.3, -0.25) is 9.59 Å². The average Bonchev–Trinajstić information content (AvgIpc) is 3.35. The SMILES string of the molecule is CC(=O)Nc1nc(COC(=O)CSc2nc3cc(Cl)ccc3n2Cc2ccccc2)cs1. The first-order valence-electron chi connectivity index (χ1n) is 9.68. The quantitative estimate of drug-likeness (QED) is 0.279. The highest BCUT2D eigenvalue weighted by atomic mass is 35.5. The predicted octanol–water partition coefficient (Wildman–Crippen LogP) is 4.99. The van der Waals surface area contributed by atoms with Crippen LogP contribution < -0.4 is 5.32 Å². The van der Waals surface area contributed by atoms with Crippen molar-refractivity contribution in [3.63, 3.8) is 0 Å². The summed E-state index contributed by atoms with van der Waals surface area (Å²) in [5.74, 6) is -0.464. The van der Waals surface area contributed by atoms with E-state index in [4.69, 9.17) is 16.3 Å². The molecule has 4 aromatic rings. The maximum atomic E-state index is 12.3. The van der Waals surface area contributed by atoms with Gasteiger partial charge in [-0.2, -0.15) is 0 Å². The summed E-state index contributed by atoms with van der Waals surface area (Å²) in [5.41, 5.74) is 3.44. The molecule has 0 aliphatic heterocycles. The normalized spacial score (nSPS) is 10.9. The standard InChI is InChI=1S/C22H19ClN4O3S2/c1-14(28)24-21-25-17(12-31-21)11-30-20(29)13-32-22-26-18-9-16(23)7-8-19(18)27(22)10-15-5-3-2-4-6-15/h2-9,12H,10-11,13H2,1H3,(H,24,25,28). The molecule has 7 nitrogen and oxygen atoms in total. The number of carbonyl (C=O) groups is 2. The molecule has 4 rings (SSSR count). The molecule has 0 fully saturated rings. The molecule has 2 aromatic heterocycles. The molecule has 0 aliphatic carbocycles. The topological polar surface area (TPSA) is 86.1 Å². The van der Waals surface area contributed by atoms with Crippen LogP contribution in [0.3, 0.4) is 0 Å². The maximum absolute atomic E-state index is 12.3. The molecule has 0 spiro atoms. The zero-order chi connectivity index (χ0) is 22.5. The molecule has 0 bridgehead atoms. The molecule has 164 valence electrons. The summed E-state index contributed by atoms with van der Waals surface area (Å²) in [6.45, 7) is 2.09. The van der Waals surface area contributed by atoms with E-state index in [-0.39, 0.29) is 24.2 Å². The van der Waals surface area contributed by atoms with Crippen molar-refractivity contribution < 1.29 is 14.3 Å². The Kier molecular flexibility index (Phi) is 7.09. The number of ether oxygens (including phenoxy) is 1. The number of thiazole rings is 1. The van der Waals surface area contributed by atoms with Gasteiger partial charge in [0, 0.05) is 17.3 Å². The van der Waals surface area contributed by atoms with Crippen molar-refractivity contribution in [2.45, 2.75) is 25.2 Å². The minimum Gasteiger partial charge on any atom is -0.459 e. The molecular weight excluding hydrogens is 468 g/mol. The molecule has 0 saturated carbocycles. The van der Waals surface area contributed by atoms with Crippen LogP contribution in [0.4, 0.5) is 5.13 Å². The minimum atomic E-state index is -0.375. The Bertz CT molecular complexity index is 1260. The van der Waals surface area contributed by atoms with Crippen LogP contribution in [-0.4, -0.2) is 32.2 Å². The first kappa shape index (κ1) is 22.3. The van der Waals surface area contributed by atoms with E-state index < -0.39 is 0 Å². The third-order valence-corrected chi connectivity index (χ3v) is 6.39. The summed E-state index contributed by atoms with van der Waals surface area (Å²) in [6, 6.07) is 15.6. The molecule has 0 atom stereocenters. The summed E-state index contributed by atoms with van der Waals surface area (Å²) < 4.78 is 7.40. The van der Waals surface area contributed by atoms with Gasteiger partial charge in [0.1, 0.15) is 6.61 Å². The van der Waals surface area contributed by atoms with E-state index in [0.717, 1.165) is 16.6 Å². The zero-order valence-electron chi connectivity index (χ0n) is 17.1. The van der Waals surface area contributed by atoms with Gasteiger partial charge >= 0.3 is 5.97 Å². The van der Waals surface area contributed by atoms with Crippen LogP contribution in [0.2, 0.25) is 5.02 Å². The Labute approximate surface area is 197 Å². The highest BCUT2D eigenvalue weighted by Crippen LogP contribution is 2.27. The van der Waals surface area contributed by atoms with E-state index in [0.29, 0.717) is 27.5 Å². The van der Waals surface area contributed by atoms with Crippen LogP contribution in [0.15, 0.2) is 59.1 Å². The zero-order valence-corrected chi connectivity index (χ0v) is 19.5. The maximum Gasteiger partial charge on any atom is 0.316 e. The molecule has 1 amide bonds. The first-order valence-corrected chi connectivity index (χ1v) is 11.9. The lowest BCUT2D eigenvalue weighted by Crippen LogP contribution is -2.09. The first-order chi connectivity index (χ1) is 15.5. The minimum absolute atomic E-state index is 0.0471. The number of hydrogen-bond donors (Lipinski definition) is 1. The second kappa shape index (κ2) is 10.2. The molecule has 1 N–H and O–H groups in total. The largest absolute Gasteiger partial charge is 0.459 e. The van der Waals surface area contributed by atoms with Crippen LogP contribution in [0.25, 0.3) is 11.0 Å². The van der Waals surface area contributed by atoms with Gasteiger partial charge in [-0.15, -0.1) is 11.3 Å². The number of carbonyl (C=O) groups excluding carboxylic acids is 2. The fraction of sp³-hybridized carbons (Fsp3) is 0.182. The number of benzene rings is 2. The average molecular weight is 487 g/mol. The molecular formula is C22H19ClN4O3S2. The number of halogens is 1. The van der Waals surface area contributed by atoms with Gasteiger partial charge in [-0.05, 0) is 23.8 Å². The number of fused-ring (bicyclic) bond motifs is 1. The van der Waals surface area contributed by atoms with E-state index in [1.54, 1.807) is 5.38 Å². The number of imidazole rings is 1. The second-order valence-electron chi connectivity index (χ2n) is 6.87. The Morgan fingerprint density at radius 3 is 2.78 bits per heavy atom. The molecule has 10 heteroatoms. The third-order valence-electron chi connectivity index (χ3n) is 4.39. The fourth-order valence-corrected chi connectivity index (χ4v) is 4.73. The summed E-state index contributed by atoms with van der Waals surface area (Å²) in [6.07, 6.45) is 0. The summed E-state index contributed by atoms with van der Waals surface area (Å²) in [7, 11) is 0. The highest BCUT2D eigenvalue weighted by Gasteiger charge is 2.15. The molecule has 32 heavy (non-hydrogen) atoms. The molecule has 0 radical (unpaired) electrons. The number of aromatic nitrogens is 3. The van der Waals surface area contributed by atoms with Crippen molar-refractivity contribution in [1.82, 2.24) is 14.5 Å². The van der Waals surface area contributed by atoms with Gasteiger partial charge < -0.3 is 14.6 Å². The summed E-state index contributed by atoms with van der Waals surface area (Å²) in [4.78, 5) is 32.3. The molecule has 0 aliphatic rings. The third kappa shape index (κ3) is 5.67. The molecule has 0 saturated heterocycles. The van der Waals surface area contributed by atoms with Crippen molar-refractivity contribution in [1.29, 1.82) is 0 Å². The van der Waals surface area contributed by atoms with Crippen molar-refractivity contribution in [2.75, 3.05) is 11.1 Å². The predicted molar refractivity (Wildman–Crippen MR) is 127 cm³/mol. The Balaban J connectivity index is 1.43. The van der Waals surface area contributed by atoms with Crippen LogP contribution in [0.1, 0.15) is 18.2 Å². The van der Waals surface area contributed by atoms with E-state index in [9.17, 15) is 9.59 Å². The van der Waals surface area contributed by atoms with Gasteiger partial charge in [0.05, 0.1) is 29.0 Å². The molecule has 0 unspecified atom stereocenters. The number of rotatable bonds is 8. The van der Waals surface area contributed by atoms with Gasteiger partial charge in [0.2, 0.25) is 5.91 Å². The van der Waals surface area contributed by atoms with Crippen molar-refractivity contribution >= 4 is 62.7 Å². The Hall–Kier alpha value is -2.88. The lowest BCUT2D eigenvalue weighted by Gasteiger charge is -2.09. The van der Waals surface area contributed by atoms with Crippen molar-refractivity contribution in [3.05, 3.63) is 70.2 Å².